The van der Waals surface area contributed by atoms with Crippen molar-refractivity contribution in [2.45, 2.75) is 71.6 Å². The lowest BCUT2D eigenvalue weighted by Crippen LogP contribution is -2.46. The molecule has 0 fully saturated rings. The highest BCUT2D eigenvalue weighted by molar-refractivity contribution is 5.82. The number of nitrogens with one attached hydrogen (secondary N) is 1. The molecule has 0 aliphatic carbocycles. The Morgan fingerprint density at radius 3 is 2.14 bits per heavy atom. The molecule has 1 atom stereocenters. The Morgan fingerprint density at radius 1 is 1.14 bits per heavy atom. The molecule has 0 aliphatic heterocycles. The SMILES string of the molecule is [2H]CC(C)(C)OC(=O)N[C@@H](CCC(=O)O)C(=O)OC(C)(C)C. The van der Waals surface area contributed by atoms with Crippen LogP contribution in [0.4, 0.5) is 4.79 Å². The molecule has 7 nitrogen and oxygen atoms in total. The molecule has 0 aromatic heterocycles. The first-order chi connectivity index (χ1) is 9.86. The minimum atomic E-state index is -1.12. The third-order valence-corrected chi connectivity index (χ3v) is 2.00. The summed E-state index contributed by atoms with van der Waals surface area (Å²) in [5.41, 5.74) is -1.76. The van der Waals surface area contributed by atoms with Crippen LogP contribution in [0.25, 0.3) is 0 Å². The Kier molecular flexibility index (Phi) is 5.99. The number of amides is 1. The fourth-order valence-electron chi connectivity index (χ4n) is 1.31. The Hall–Kier alpha value is -1.79. The maximum Gasteiger partial charge on any atom is 0.408 e. The van der Waals surface area contributed by atoms with Crippen LogP contribution in [-0.2, 0) is 19.1 Å². The van der Waals surface area contributed by atoms with Gasteiger partial charge in [0.05, 0.1) is 0 Å². The molecule has 0 aliphatic rings. The Balaban J connectivity index is 4.82. The van der Waals surface area contributed by atoms with E-state index < -0.39 is 35.3 Å². The first-order valence-corrected chi connectivity index (χ1v) is 6.60. The molecule has 0 spiro atoms. The van der Waals surface area contributed by atoms with E-state index in [1.165, 1.54) is 0 Å². The summed E-state index contributed by atoms with van der Waals surface area (Å²) in [5, 5.41) is 11.0. The van der Waals surface area contributed by atoms with E-state index in [4.69, 9.17) is 16.0 Å². The van der Waals surface area contributed by atoms with Crippen LogP contribution in [0.3, 0.4) is 0 Å². The summed E-state index contributed by atoms with van der Waals surface area (Å²) in [6.07, 6.45) is -1.30. The second kappa shape index (κ2) is 7.28. The Morgan fingerprint density at radius 2 is 1.71 bits per heavy atom. The number of aliphatic carboxylic acids is 1. The fraction of sp³-hybridized carbons (Fsp3) is 0.786. The van der Waals surface area contributed by atoms with Gasteiger partial charge in [0.25, 0.3) is 0 Å². The number of carboxylic acids is 1. The minimum Gasteiger partial charge on any atom is -0.481 e. The molecule has 2 N–H and O–H groups in total. The molecule has 1 amide bonds. The van der Waals surface area contributed by atoms with Crippen LogP contribution in [0.5, 0.6) is 0 Å². The van der Waals surface area contributed by atoms with E-state index in [1.807, 2.05) is 0 Å². The monoisotopic (exact) mass is 304 g/mol. The van der Waals surface area contributed by atoms with E-state index in [0.29, 0.717) is 0 Å². The highest BCUT2D eigenvalue weighted by Crippen LogP contribution is 2.12. The van der Waals surface area contributed by atoms with Crippen molar-refractivity contribution in [3.8, 4) is 0 Å². The Bertz CT molecular complexity index is 416. The van der Waals surface area contributed by atoms with Gasteiger partial charge in [0, 0.05) is 7.79 Å². The van der Waals surface area contributed by atoms with Crippen LogP contribution in [-0.4, -0.2) is 40.4 Å². The lowest BCUT2D eigenvalue weighted by atomic mass is 10.1. The number of carbonyl (C=O) groups is 3. The molecule has 0 aromatic carbocycles. The average molecular weight is 304 g/mol. The first kappa shape index (κ1) is 17.3. The number of hydrogen-bond donors (Lipinski definition) is 2. The number of alkyl carbamates (subject to hydrolysis) is 1. The van der Waals surface area contributed by atoms with Gasteiger partial charge < -0.3 is 19.9 Å². The third kappa shape index (κ3) is 10.6. The third-order valence-electron chi connectivity index (χ3n) is 2.00. The number of rotatable bonds is 5. The van der Waals surface area contributed by atoms with Crippen LogP contribution in [0.15, 0.2) is 0 Å². The summed E-state index contributed by atoms with van der Waals surface area (Å²) in [4.78, 5) is 34.4. The topological polar surface area (TPSA) is 102 Å². The largest absolute Gasteiger partial charge is 0.481 e. The van der Waals surface area contributed by atoms with E-state index >= 15 is 0 Å². The van der Waals surface area contributed by atoms with Gasteiger partial charge in [-0.2, -0.15) is 0 Å². The van der Waals surface area contributed by atoms with Crippen molar-refractivity contribution >= 4 is 18.0 Å². The van der Waals surface area contributed by atoms with Crippen LogP contribution in [0, 0.1) is 0 Å². The quantitative estimate of drug-likeness (QED) is 0.754. The van der Waals surface area contributed by atoms with Crippen LogP contribution < -0.4 is 5.32 Å². The summed E-state index contributed by atoms with van der Waals surface area (Å²) < 4.78 is 17.4. The molecule has 0 radical (unpaired) electrons. The van der Waals surface area contributed by atoms with Gasteiger partial charge in [0.2, 0.25) is 0 Å². The zero-order chi connectivity index (χ0) is 17.6. The number of ether oxygens (including phenoxy) is 2. The van der Waals surface area contributed by atoms with Gasteiger partial charge in [-0.1, -0.05) is 0 Å². The zero-order valence-corrected chi connectivity index (χ0v) is 13.2. The molecule has 7 heteroatoms. The minimum absolute atomic E-state index is 0.110. The van der Waals surface area contributed by atoms with Crippen molar-refractivity contribution in [2.24, 2.45) is 0 Å². The van der Waals surface area contributed by atoms with Gasteiger partial charge in [-0.25, -0.2) is 9.59 Å². The molecule has 21 heavy (non-hydrogen) atoms. The number of hydrogen-bond acceptors (Lipinski definition) is 5. The van der Waals surface area contributed by atoms with Gasteiger partial charge in [0.15, 0.2) is 0 Å². The van der Waals surface area contributed by atoms with Crippen molar-refractivity contribution in [1.29, 1.82) is 0 Å². The van der Waals surface area contributed by atoms with E-state index in [0.717, 1.165) is 0 Å². The van der Waals surface area contributed by atoms with Gasteiger partial charge >= 0.3 is 18.0 Å². The molecule has 0 saturated carbocycles. The van der Waals surface area contributed by atoms with Gasteiger partial charge in [0.1, 0.15) is 17.2 Å². The molecule has 0 heterocycles. The second-order valence-corrected chi connectivity index (χ2v) is 6.31. The maximum absolute atomic E-state index is 12.0. The predicted molar refractivity (Wildman–Crippen MR) is 75.9 cm³/mol. The van der Waals surface area contributed by atoms with Crippen LogP contribution >= 0.6 is 0 Å². The van der Waals surface area contributed by atoms with Gasteiger partial charge in [-0.3, -0.25) is 4.79 Å². The van der Waals surface area contributed by atoms with Crippen molar-refractivity contribution < 1.29 is 30.3 Å². The number of carbonyl (C=O) groups excluding carboxylic acids is 2. The summed E-state index contributed by atoms with van der Waals surface area (Å²) in [6, 6.07) is -1.12. The summed E-state index contributed by atoms with van der Waals surface area (Å²) in [6.45, 7) is 7.97. The molecule has 0 bridgehead atoms. The highest BCUT2D eigenvalue weighted by Gasteiger charge is 2.28. The van der Waals surface area contributed by atoms with Gasteiger partial charge in [-0.15, -0.1) is 0 Å². The summed E-state index contributed by atoms with van der Waals surface area (Å²) in [7, 11) is 0. The van der Waals surface area contributed by atoms with Gasteiger partial charge in [-0.05, 0) is 47.9 Å². The van der Waals surface area contributed by atoms with E-state index in [-0.39, 0.29) is 19.7 Å². The van der Waals surface area contributed by atoms with Crippen molar-refractivity contribution in [3.63, 3.8) is 0 Å². The standard InChI is InChI=1S/C14H25NO6/c1-13(2,3)20-11(18)9(7-8-10(16)17)15-12(19)21-14(4,5)6/h9H,7-8H2,1-6H3,(H,15,19)(H,16,17)/t9-/m0/s1/i4D. The average Bonchev–Trinajstić information content (AvgIpc) is 2.31. The molecular weight excluding hydrogens is 278 g/mol. The first-order valence-electron chi connectivity index (χ1n) is 7.30. The summed E-state index contributed by atoms with van der Waals surface area (Å²) in [5.74, 6) is -1.82. The lowest BCUT2D eigenvalue weighted by molar-refractivity contribution is -0.157. The van der Waals surface area contributed by atoms with E-state index in [1.54, 1.807) is 34.6 Å². The summed E-state index contributed by atoms with van der Waals surface area (Å²) >= 11 is 0. The maximum atomic E-state index is 12.0. The Labute approximate surface area is 126 Å². The van der Waals surface area contributed by atoms with E-state index in [9.17, 15) is 14.4 Å². The molecule has 122 valence electrons. The molecule has 0 saturated heterocycles. The smallest absolute Gasteiger partial charge is 0.408 e. The fourth-order valence-corrected chi connectivity index (χ4v) is 1.31. The van der Waals surface area contributed by atoms with Crippen LogP contribution in [0.2, 0.25) is 0 Å². The zero-order valence-electron chi connectivity index (χ0n) is 14.2. The number of esters is 1. The lowest BCUT2D eigenvalue weighted by Gasteiger charge is -2.26. The second-order valence-electron chi connectivity index (χ2n) is 6.31. The number of carboxylic acid groups (broad SMARTS) is 1. The van der Waals surface area contributed by atoms with Crippen molar-refractivity contribution in [3.05, 3.63) is 0 Å². The normalized spacial score (nSPS) is 13.9. The highest BCUT2D eigenvalue weighted by atomic mass is 16.6. The predicted octanol–water partition coefficient (Wildman–Crippen LogP) is 2.09. The molecule has 0 aromatic rings. The van der Waals surface area contributed by atoms with Crippen molar-refractivity contribution in [2.75, 3.05) is 0 Å². The molecule has 0 unspecified atom stereocenters. The molecule has 0 rings (SSSR count). The van der Waals surface area contributed by atoms with Crippen LogP contribution in [0.1, 0.15) is 55.7 Å². The molecular formula is C14H25NO6. The van der Waals surface area contributed by atoms with E-state index in [2.05, 4.69) is 5.32 Å². The van der Waals surface area contributed by atoms with Crippen molar-refractivity contribution in [1.82, 2.24) is 5.32 Å².